The van der Waals surface area contributed by atoms with Crippen molar-refractivity contribution < 1.29 is 18.7 Å². The summed E-state index contributed by atoms with van der Waals surface area (Å²) in [7, 11) is 0. The molecule has 2 aromatic heterocycles. The van der Waals surface area contributed by atoms with Crippen LogP contribution in [0.15, 0.2) is 71.3 Å². The van der Waals surface area contributed by atoms with E-state index in [2.05, 4.69) is 10.2 Å². The van der Waals surface area contributed by atoms with E-state index in [1.807, 2.05) is 60.7 Å². The largest absolute Gasteiger partial charge is 0.489 e. The van der Waals surface area contributed by atoms with E-state index in [-0.39, 0.29) is 12.4 Å². The number of fused-ring (bicyclic) bond motifs is 2. The van der Waals surface area contributed by atoms with Crippen LogP contribution in [0.4, 0.5) is 5.82 Å². The van der Waals surface area contributed by atoms with Gasteiger partial charge in [0, 0.05) is 27.5 Å². The maximum atomic E-state index is 12.0. The van der Waals surface area contributed by atoms with E-state index in [0.717, 1.165) is 44.1 Å². The van der Waals surface area contributed by atoms with Gasteiger partial charge in [-0.25, -0.2) is 0 Å². The third kappa shape index (κ3) is 4.01. The number of aromatic nitrogens is 2. The molecule has 7 heteroatoms. The van der Waals surface area contributed by atoms with Crippen molar-refractivity contribution in [1.82, 2.24) is 10.2 Å². The number of furan rings is 1. The Kier molecular flexibility index (Phi) is 5.44. The minimum Gasteiger partial charge on any atom is -0.489 e. The van der Waals surface area contributed by atoms with Gasteiger partial charge < -0.3 is 19.6 Å². The molecule has 0 atom stereocenters. The number of anilines is 1. The van der Waals surface area contributed by atoms with E-state index in [1.54, 1.807) is 13.2 Å². The Bertz CT molecular complexity index is 1450. The summed E-state index contributed by atoms with van der Waals surface area (Å²) in [5.74, 6) is 0.839. The highest BCUT2D eigenvalue weighted by Crippen LogP contribution is 2.36. The normalized spacial score (nSPS) is 11.2. The van der Waals surface area contributed by atoms with Crippen LogP contribution in [0.5, 0.6) is 5.75 Å². The number of hydrogen-bond donors (Lipinski definition) is 2. The number of nitrogen functional groups attached to an aromatic ring is 1. The first-order valence-corrected chi connectivity index (χ1v) is 10.7. The van der Waals surface area contributed by atoms with Gasteiger partial charge in [-0.3, -0.25) is 9.89 Å². The Labute approximate surface area is 190 Å². The Balaban J connectivity index is 1.49. The first kappa shape index (κ1) is 20.6. The average molecular weight is 441 g/mol. The lowest BCUT2D eigenvalue weighted by atomic mass is 9.98. The van der Waals surface area contributed by atoms with Crippen molar-refractivity contribution in [2.75, 3.05) is 12.3 Å². The molecule has 3 aromatic carbocycles. The van der Waals surface area contributed by atoms with Crippen LogP contribution in [-0.4, -0.2) is 22.8 Å². The second kappa shape index (κ2) is 8.70. The molecule has 7 nitrogen and oxygen atoms in total. The van der Waals surface area contributed by atoms with E-state index < -0.39 is 0 Å². The fourth-order valence-corrected chi connectivity index (χ4v) is 4.03. The summed E-state index contributed by atoms with van der Waals surface area (Å²) in [6.07, 6.45) is 1.84. The number of nitrogens with zero attached hydrogens (tertiary/aromatic N) is 1. The summed E-state index contributed by atoms with van der Waals surface area (Å²) in [5, 5.41) is 9.02. The zero-order valence-electron chi connectivity index (χ0n) is 18.1. The van der Waals surface area contributed by atoms with Gasteiger partial charge in [0.2, 0.25) is 0 Å². The third-order valence-corrected chi connectivity index (χ3v) is 5.54. The van der Waals surface area contributed by atoms with Crippen molar-refractivity contribution in [1.29, 1.82) is 0 Å². The molecule has 0 unspecified atom stereocenters. The van der Waals surface area contributed by atoms with Gasteiger partial charge >= 0.3 is 5.97 Å². The van der Waals surface area contributed by atoms with Crippen LogP contribution >= 0.6 is 0 Å². The molecule has 0 radical (unpaired) electrons. The van der Waals surface area contributed by atoms with Crippen LogP contribution in [0, 0.1) is 0 Å². The topological polar surface area (TPSA) is 103 Å². The molecule has 0 spiro atoms. The fourth-order valence-electron chi connectivity index (χ4n) is 4.03. The molecule has 5 rings (SSSR count). The van der Waals surface area contributed by atoms with Crippen LogP contribution in [0.2, 0.25) is 0 Å². The monoisotopic (exact) mass is 441 g/mol. The smallest absolute Gasteiger partial charge is 0.310 e. The molecule has 33 heavy (non-hydrogen) atoms. The molecule has 3 N–H and O–H groups in total. The van der Waals surface area contributed by atoms with E-state index in [4.69, 9.17) is 19.6 Å². The quantitative estimate of drug-likeness (QED) is 0.335. The molecular weight excluding hydrogens is 418 g/mol. The molecule has 0 saturated heterocycles. The van der Waals surface area contributed by atoms with Crippen molar-refractivity contribution in [3.63, 3.8) is 0 Å². The van der Waals surface area contributed by atoms with Gasteiger partial charge in [0.15, 0.2) is 5.82 Å². The maximum Gasteiger partial charge on any atom is 0.310 e. The number of benzene rings is 3. The molecule has 166 valence electrons. The predicted molar refractivity (Wildman–Crippen MR) is 127 cm³/mol. The summed E-state index contributed by atoms with van der Waals surface area (Å²) in [4.78, 5) is 12.0. The Morgan fingerprint density at radius 2 is 1.97 bits per heavy atom. The molecule has 5 aromatic rings. The number of aromatic amines is 1. The lowest BCUT2D eigenvalue weighted by Crippen LogP contribution is -2.09. The van der Waals surface area contributed by atoms with Crippen molar-refractivity contribution in [2.24, 2.45) is 0 Å². The third-order valence-electron chi connectivity index (χ3n) is 5.54. The van der Waals surface area contributed by atoms with Crippen molar-refractivity contribution in [3.8, 4) is 16.9 Å². The summed E-state index contributed by atoms with van der Waals surface area (Å²) < 4.78 is 17.0. The molecule has 0 aliphatic heterocycles. The van der Waals surface area contributed by atoms with Gasteiger partial charge in [-0.15, -0.1) is 0 Å². The molecule has 0 bridgehead atoms. The molecule has 0 saturated carbocycles. The number of carbonyl (C=O) groups excluding carboxylic acids is 1. The zero-order valence-corrected chi connectivity index (χ0v) is 18.1. The average Bonchev–Trinajstić information content (AvgIpc) is 3.45. The fraction of sp³-hybridized carbons (Fsp3) is 0.154. The van der Waals surface area contributed by atoms with Crippen molar-refractivity contribution >= 4 is 33.7 Å². The Hall–Kier alpha value is -4.26. The summed E-state index contributed by atoms with van der Waals surface area (Å²) in [5.41, 5.74) is 11.3. The van der Waals surface area contributed by atoms with Gasteiger partial charge in [-0.05, 0) is 42.8 Å². The Morgan fingerprint density at radius 3 is 2.85 bits per heavy atom. The highest BCUT2D eigenvalue weighted by Gasteiger charge is 2.15. The summed E-state index contributed by atoms with van der Waals surface area (Å²) in [6, 6.07) is 19.4. The van der Waals surface area contributed by atoms with Gasteiger partial charge in [0.05, 0.1) is 24.8 Å². The maximum absolute atomic E-state index is 12.0. The number of esters is 1. The number of rotatable bonds is 7. The van der Waals surface area contributed by atoms with Crippen LogP contribution < -0.4 is 10.5 Å². The SMILES string of the molecule is CCOC(=O)Cc1ccccc1OCc1cc(-c2cccc3c(N)n[nH]c23)c2occc2c1. The zero-order chi connectivity index (χ0) is 22.8. The number of para-hydroxylation sites is 2. The molecule has 0 aliphatic rings. The predicted octanol–water partition coefficient (Wildman–Crippen LogP) is 5.24. The van der Waals surface area contributed by atoms with Crippen LogP contribution in [0.1, 0.15) is 18.1 Å². The van der Waals surface area contributed by atoms with Crippen molar-refractivity contribution in [3.05, 3.63) is 78.1 Å². The highest BCUT2D eigenvalue weighted by molar-refractivity contribution is 6.04. The van der Waals surface area contributed by atoms with E-state index in [0.29, 0.717) is 24.8 Å². The Morgan fingerprint density at radius 1 is 1.09 bits per heavy atom. The first-order chi connectivity index (χ1) is 16.1. The second-order valence-corrected chi connectivity index (χ2v) is 7.70. The van der Waals surface area contributed by atoms with Gasteiger partial charge in [0.25, 0.3) is 0 Å². The first-order valence-electron chi connectivity index (χ1n) is 10.7. The molecule has 0 amide bonds. The second-order valence-electron chi connectivity index (χ2n) is 7.70. The molecule has 0 aliphatic carbocycles. The van der Waals surface area contributed by atoms with Crippen LogP contribution in [0.3, 0.4) is 0 Å². The van der Waals surface area contributed by atoms with Crippen LogP contribution in [-0.2, 0) is 22.6 Å². The van der Waals surface area contributed by atoms with Crippen LogP contribution in [0.25, 0.3) is 33.0 Å². The standard InChI is InChI=1S/C26H23N3O4/c1-2-31-23(30)14-17-6-3-4-9-22(17)33-15-16-12-18-10-11-32-25(18)21(13-16)19-7-5-8-20-24(19)28-29-26(20)27/h3-13H,2,14-15H2,1H3,(H3,27,28,29). The van der Waals surface area contributed by atoms with E-state index in [9.17, 15) is 4.79 Å². The molecular formula is C26H23N3O4. The summed E-state index contributed by atoms with van der Waals surface area (Å²) in [6.45, 7) is 2.47. The number of nitrogens with two attached hydrogens (primary N) is 1. The van der Waals surface area contributed by atoms with Gasteiger partial charge in [0.1, 0.15) is 17.9 Å². The number of H-pyrrole nitrogens is 1. The minimum atomic E-state index is -0.275. The molecule has 0 fully saturated rings. The minimum absolute atomic E-state index is 0.166. The summed E-state index contributed by atoms with van der Waals surface area (Å²) >= 11 is 0. The van der Waals surface area contributed by atoms with Gasteiger partial charge in [-0.2, -0.15) is 5.10 Å². The molecule has 2 heterocycles. The number of carbonyl (C=O) groups is 1. The lowest BCUT2D eigenvalue weighted by molar-refractivity contribution is -0.142. The number of ether oxygens (including phenoxy) is 2. The highest BCUT2D eigenvalue weighted by atomic mass is 16.5. The number of hydrogen-bond acceptors (Lipinski definition) is 6. The van der Waals surface area contributed by atoms with Gasteiger partial charge in [-0.1, -0.05) is 30.3 Å². The number of nitrogens with one attached hydrogen (secondary N) is 1. The van der Waals surface area contributed by atoms with Crippen molar-refractivity contribution in [2.45, 2.75) is 20.0 Å². The lowest BCUT2D eigenvalue weighted by Gasteiger charge is -2.13. The van der Waals surface area contributed by atoms with E-state index >= 15 is 0 Å². The van der Waals surface area contributed by atoms with E-state index in [1.165, 1.54) is 0 Å².